The molecule has 3 N–H and O–H groups in total. The number of sulfonamides is 1. The molecule has 100 valence electrons. The molecule has 0 saturated heterocycles. The van der Waals surface area contributed by atoms with Crippen LogP contribution in [0.5, 0.6) is 0 Å². The monoisotopic (exact) mass is 276 g/mol. The van der Waals surface area contributed by atoms with Gasteiger partial charge in [-0.25, -0.2) is 17.2 Å². The quantitative estimate of drug-likeness (QED) is 0.866. The Morgan fingerprint density at radius 3 is 2.33 bits per heavy atom. The first-order valence-corrected chi connectivity index (χ1v) is 6.75. The number of hydrogen-bond donors (Lipinski definition) is 2. The van der Waals surface area contributed by atoms with Crippen molar-refractivity contribution in [2.75, 3.05) is 4.72 Å². The lowest BCUT2D eigenvalue weighted by Gasteiger charge is -2.13. The Hall–Kier alpha value is -1.47. The van der Waals surface area contributed by atoms with E-state index in [1.807, 2.05) is 0 Å². The second-order valence-corrected chi connectivity index (χ2v) is 5.32. The van der Waals surface area contributed by atoms with Crippen LogP contribution in [0.25, 0.3) is 0 Å². The Morgan fingerprint density at radius 2 is 1.94 bits per heavy atom. The van der Waals surface area contributed by atoms with Gasteiger partial charge in [0.05, 0.1) is 0 Å². The van der Waals surface area contributed by atoms with Gasteiger partial charge in [-0.15, -0.1) is 0 Å². The van der Waals surface area contributed by atoms with E-state index in [0.717, 1.165) is 12.1 Å². The molecule has 18 heavy (non-hydrogen) atoms. The summed E-state index contributed by atoms with van der Waals surface area (Å²) >= 11 is 0. The molecule has 0 radical (unpaired) electrons. The topological polar surface area (TPSA) is 72.2 Å². The minimum Gasteiger partial charge on any atom is -0.324 e. The third-order valence-corrected chi connectivity index (χ3v) is 3.32. The average Bonchev–Trinajstić information content (AvgIpc) is 2.32. The van der Waals surface area contributed by atoms with Gasteiger partial charge in [0.25, 0.3) is 10.0 Å². The van der Waals surface area contributed by atoms with E-state index in [1.165, 1.54) is 0 Å². The Labute approximate surface area is 105 Å². The molecule has 0 fully saturated rings. The SMILES string of the molecule is C=CS(=O)(=O)Nc1c(F)cc([C@H](N)CC)cc1F. The van der Waals surface area contributed by atoms with E-state index in [4.69, 9.17) is 5.73 Å². The van der Waals surface area contributed by atoms with E-state index >= 15 is 0 Å². The van der Waals surface area contributed by atoms with Gasteiger partial charge in [0.1, 0.15) is 5.69 Å². The highest BCUT2D eigenvalue weighted by molar-refractivity contribution is 7.95. The van der Waals surface area contributed by atoms with E-state index in [2.05, 4.69) is 6.58 Å². The summed E-state index contributed by atoms with van der Waals surface area (Å²) in [5.41, 5.74) is 5.19. The van der Waals surface area contributed by atoms with Crippen LogP contribution in [0.4, 0.5) is 14.5 Å². The first-order chi connectivity index (χ1) is 8.30. The largest absolute Gasteiger partial charge is 0.324 e. The Balaban J connectivity index is 3.21. The molecular formula is C11H14F2N2O2S. The van der Waals surface area contributed by atoms with Crippen LogP contribution < -0.4 is 10.5 Å². The fourth-order valence-electron chi connectivity index (χ4n) is 1.32. The molecule has 1 aromatic rings. The maximum absolute atomic E-state index is 13.6. The molecular weight excluding hydrogens is 262 g/mol. The summed E-state index contributed by atoms with van der Waals surface area (Å²) in [7, 11) is -3.95. The zero-order chi connectivity index (χ0) is 13.9. The van der Waals surface area contributed by atoms with Gasteiger partial charge >= 0.3 is 0 Å². The molecule has 1 atom stereocenters. The van der Waals surface area contributed by atoms with Gasteiger partial charge in [0.15, 0.2) is 11.6 Å². The molecule has 0 heterocycles. The van der Waals surface area contributed by atoms with Gasteiger partial charge in [-0.05, 0) is 24.1 Å². The normalized spacial score (nSPS) is 13.1. The predicted molar refractivity (Wildman–Crippen MR) is 66.3 cm³/mol. The van der Waals surface area contributed by atoms with Crippen molar-refractivity contribution in [3.05, 3.63) is 41.3 Å². The maximum atomic E-state index is 13.6. The maximum Gasteiger partial charge on any atom is 0.254 e. The molecule has 0 saturated carbocycles. The first-order valence-electron chi connectivity index (χ1n) is 5.20. The highest BCUT2D eigenvalue weighted by atomic mass is 32.2. The molecule has 0 aliphatic carbocycles. The Morgan fingerprint density at radius 1 is 1.44 bits per heavy atom. The van der Waals surface area contributed by atoms with E-state index in [0.29, 0.717) is 11.8 Å². The number of rotatable bonds is 5. The molecule has 1 aromatic carbocycles. The van der Waals surface area contributed by atoms with Gasteiger partial charge in [-0.1, -0.05) is 13.5 Å². The summed E-state index contributed by atoms with van der Waals surface area (Å²) in [6.07, 6.45) is 0.511. The van der Waals surface area contributed by atoms with Crippen LogP contribution in [-0.2, 0) is 10.0 Å². The molecule has 1 rings (SSSR count). The van der Waals surface area contributed by atoms with Crippen molar-refractivity contribution < 1.29 is 17.2 Å². The van der Waals surface area contributed by atoms with Gasteiger partial charge in [-0.3, -0.25) is 4.72 Å². The van der Waals surface area contributed by atoms with Crippen LogP contribution in [0.3, 0.4) is 0 Å². The average molecular weight is 276 g/mol. The van der Waals surface area contributed by atoms with Crippen molar-refractivity contribution in [1.82, 2.24) is 0 Å². The zero-order valence-corrected chi connectivity index (χ0v) is 10.6. The molecule has 7 heteroatoms. The fraction of sp³-hybridized carbons (Fsp3) is 0.273. The summed E-state index contributed by atoms with van der Waals surface area (Å²) in [6, 6.07) is 1.52. The van der Waals surface area contributed by atoms with Crippen LogP contribution in [0.1, 0.15) is 24.9 Å². The molecule has 0 bridgehead atoms. The summed E-state index contributed by atoms with van der Waals surface area (Å²) in [4.78, 5) is 0. The Kier molecular flexibility index (Phi) is 4.42. The second-order valence-electron chi connectivity index (χ2n) is 3.69. The number of nitrogens with two attached hydrogens (primary N) is 1. The van der Waals surface area contributed by atoms with E-state index in [1.54, 1.807) is 11.6 Å². The molecule has 0 aromatic heterocycles. The number of anilines is 1. The molecule has 0 unspecified atom stereocenters. The Bertz CT molecular complexity index is 535. The van der Waals surface area contributed by atoms with Gasteiger partial charge in [-0.2, -0.15) is 0 Å². The summed E-state index contributed by atoms with van der Waals surface area (Å²) < 4.78 is 51.3. The van der Waals surface area contributed by atoms with Gasteiger partial charge in [0.2, 0.25) is 0 Å². The van der Waals surface area contributed by atoms with Crippen molar-refractivity contribution >= 4 is 15.7 Å². The van der Waals surface area contributed by atoms with Crippen molar-refractivity contribution in [3.8, 4) is 0 Å². The van der Waals surface area contributed by atoms with Crippen LogP contribution in [-0.4, -0.2) is 8.42 Å². The number of benzene rings is 1. The zero-order valence-electron chi connectivity index (χ0n) is 9.78. The molecule has 0 amide bonds. The third kappa shape index (κ3) is 3.27. The number of nitrogens with one attached hydrogen (secondary N) is 1. The lowest BCUT2D eigenvalue weighted by molar-refractivity contribution is 0.575. The lowest BCUT2D eigenvalue weighted by Crippen LogP contribution is -2.14. The second kappa shape index (κ2) is 5.45. The standard InChI is InChI=1S/C11H14F2N2O2S/c1-3-10(14)7-5-8(12)11(9(13)6-7)15-18(16,17)4-2/h4-6,10,15H,2-3,14H2,1H3/t10-/m1/s1. The van der Waals surface area contributed by atoms with Gasteiger partial charge < -0.3 is 5.73 Å². The molecule has 0 aliphatic rings. The summed E-state index contributed by atoms with van der Waals surface area (Å²) in [5.74, 6) is -2.03. The van der Waals surface area contributed by atoms with Crippen LogP contribution in [0.2, 0.25) is 0 Å². The van der Waals surface area contributed by atoms with Crippen molar-refractivity contribution in [2.45, 2.75) is 19.4 Å². The van der Waals surface area contributed by atoms with Gasteiger partial charge in [0, 0.05) is 11.4 Å². The fourth-order valence-corrected chi connectivity index (χ4v) is 1.89. The van der Waals surface area contributed by atoms with E-state index in [-0.39, 0.29) is 5.56 Å². The number of hydrogen-bond acceptors (Lipinski definition) is 3. The van der Waals surface area contributed by atoms with Crippen LogP contribution in [0, 0.1) is 11.6 Å². The van der Waals surface area contributed by atoms with E-state index < -0.39 is 33.4 Å². The van der Waals surface area contributed by atoms with Crippen LogP contribution in [0.15, 0.2) is 24.1 Å². The highest BCUT2D eigenvalue weighted by Gasteiger charge is 2.17. The molecule has 0 aliphatic heterocycles. The lowest BCUT2D eigenvalue weighted by atomic mass is 10.0. The number of halogens is 2. The van der Waals surface area contributed by atoms with Crippen LogP contribution >= 0.6 is 0 Å². The third-order valence-electron chi connectivity index (χ3n) is 2.40. The van der Waals surface area contributed by atoms with Crippen molar-refractivity contribution in [1.29, 1.82) is 0 Å². The van der Waals surface area contributed by atoms with E-state index in [9.17, 15) is 17.2 Å². The van der Waals surface area contributed by atoms with Crippen molar-refractivity contribution in [3.63, 3.8) is 0 Å². The minimum atomic E-state index is -3.95. The highest BCUT2D eigenvalue weighted by Crippen LogP contribution is 2.25. The smallest absolute Gasteiger partial charge is 0.254 e. The predicted octanol–water partition coefficient (Wildman–Crippen LogP) is 2.26. The molecule has 0 spiro atoms. The first kappa shape index (κ1) is 14.6. The minimum absolute atomic E-state index is 0.272. The summed E-state index contributed by atoms with van der Waals surface area (Å²) in [5, 5.41) is 0.567. The van der Waals surface area contributed by atoms with Crippen molar-refractivity contribution in [2.24, 2.45) is 5.73 Å². The summed E-state index contributed by atoms with van der Waals surface area (Å²) in [6.45, 7) is 4.80. The molecule has 4 nitrogen and oxygen atoms in total.